The van der Waals surface area contributed by atoms with E-state index in [1.54, 1.807) is 0 Å². The predicted molar refractivity (Wildman–Crippen MR) is 83.1 cm³/mol. The summed E-state index contributed by atoms with van der Waals surface area (Å²) in [6.45, 7) is 6.92. The van der Waals surface area contributed by atoms with Gasteiger partial charge >= 0.3 is 11.6 Å². The summed E-state index contributed by atoms with van der Waals surface area (Å²) in [4.78, 5) is 10.4. The molecular weight excluding hydrogens is 325 g/mol. The maximum atomic E-state index is 13.8. The third-order valence-corrected chi connectivity index (χ3v) is 5.02. The van der Waals surface area contributed by atoms with Crippen LogP contribution >= 0.6 is 0 Å². The second-order valence-electron chi connectivity index (χ2n) is 6.90. The number of hydrogen-bond donors (Lipinski definition) is 0. The van der Waals surface area contributed by atoms with Crippen LogP contribution in [0.1, 0.15) is 0 Å². The van der Waals surface area contributed by atoms with Gasteiger partial charge in [-0.25, -0.2) is 9.07 Å². The summed E-state index contributed by atoms with van der Waals surface area (Å²) >= 11 is 0. The van der Waals surface area contributed by atoms with Gasteiger partial charge in [0.25, 0.3) is 0 Å². The van der Waals surface area contributed by atoms with Crippen LogP contribution in [-0.2, 0) is 16.2 Å². The van der Waals surface area contributed by atoms with Crippen LogP contribution in [0, 0.1) is 10.1 Å². The average molecular weight is 347 g/mol. The van der Waals surface area contributed by atoms with E-state index in [1.807, 2.05) is 0 Å². The zero-order chi connectivity index (χ0) is 17.1. The van der Waals surface area contributed by atoms with E-state index >= 15 is 0 Å². The number of nitrogens with zero attached hydrogens (tertiary/aromatic N) is 3. The Hall–Kier alpha value is -1.52. The van der Waals surface area contributed by atoms with Crippen molar-refractivity contribution in [3.63, 3.8) is 0 Å². The Balaban J connectivity index is 1.90. The number of halogens is 1. The number of rotatable bonds is 9. The van der Waals surface area contributed by atoms with Crippen molar-refractivity contribution in [1.82, 2.24) is 9.78 Å². The molecule has 8 nitrogen and oxygen atoms in total. The van der Waals surface area contributed by atoms with E-state index in [0.29, 0.717) is 6.61 Å². The first-order chi connectivity index (χ1) is 10.7. The molecule has 0 saturated carbocycles. The highest BCUT2D eigenvalue weighted by Gasteiger charge is 2.40. The standard InChI is InChI=1S/C13H22FN3O5Si/c1-23(2,3)5-4-20-10-16-6-11(17(18)19)12(15-16)22-9-13(14)7-21-8-13/h6H,4-5,7-10H2,1-3H3. The van der Waals surface area contributed by atoms with E-state index < -0.39 is 18.7 Å². The lowest BCUT2D eigenvalue weighted by atomic mass is 10.1. The first kappa shape index (κ1) is 17.8. The van der Waals surface area contributed by atoms with Crippen molar-refractivity contribution in [2.45, 2.75) is 38.1 Å². The Morgan fingerprint density at radius 1 is 1.52 bits per heavy atom. The van der Waals surface area contributed by atoms with E-state index in [2.05, 4.69) is 24.7 Å². The van der Waals surface area contributed by atoms with Crippen molar-refractivity contribution < 1.29 is 23.5 Å². The fourth-order valence-electron chi connectivity index (χ4n) is 1.83. The Morgan fingerprint density at radius 2 is 2.22 bits per heavy atom. The minimum absolute atomic E-state index is 0.0681. The molecule has 1 aromatic rings. The molecule has 0 radical (unpaired) electrons. The third-order valence-electron chi connectivity index (χ3n) is 3.32. The Morgan fingerprint density at radius 3 is 2.74 bits per heavy atom. The smallest absolute Gasteiger partial charge is 0.350 e. The number of alkyl halides is 1. The molecule has 0 N–H and O–H groups in total. The normalized spacial score (nSPS) is 16.9. The Bertz CT molecular complexity index is 556. The molecule has 0 bridgehead atoms. The van der Waals surface area contributed by atoms with Gasteiger partial charge in [-0.3, -0.25) is 10.1 Å². The van der Waals surface area contributed by atoms with Crippen molar-refractivity contribution >= 4 is 13.8 Å². The first-order valence-electron chi connectivity index (χ1n) is 7.38. The lowest BCUT2D eigenvalue weighted by Gasteiger charge is -2.32. The zero-order valence-corrected chi connectivity index (χ0v) is 14.6. The largest absolute Gasteiger partial charge is 0.468 e. The molecule has 0 amide bonds. The van der Waals surface area contributed by atoms with Gasteiger partial charge in [-0.05, 0) is 6.04 Å². The average Bonchev–Trinajstić information content (AvgIpc) is 2.82. The fourth-order valence-corrected chi connectivity index (χ4v) is 2.59. The van der Waals surface area contributed by atoms with Gasteiger partial charge in [0, 0.05) is 14.7 Å². The number of nitro groups is 1. The highest BCUT2D eigenvalue weighted by molar-refractivity contribution is 6.76. The SMILES string of the molecule is C[Si](C)(C)CCOCn1cc([N+](=O)[O-])c(OCC2(F)COC2)n1. The van der Waals surface area contributed by atoms with Crippen molar-refractivity contribution in [1.29, 1.82) is 0 Å². The molecule has 1 fully saturated rings. The van der Waals surface area contributed by atoms with Gasteiger partial charge in [0.15, 0.2) is 5.67 Å². The number of aromatic nitrogens is 2. The topological polar surface area (TPSA) is 88.7 Å². The van der Waals surface area contributed by atoms with Gasteiger partial charge in [-0.2, -0.15) is 0 Å². The second kappa shape index (κ2) is 6.93. The van der Waals surface area contributed by atoms with Crippen LogP contribution in [-0.4, -0.2) is 54.9 Å². The molecule has 0 aliphatic carbocycles. The summed E-state index contributed by atoms with van der Waals surface area (Å²) in [5, 5.41) is 15.0. The van der Waals surface area contributed by atoms with Crippen LogP contribution < -0.4 is 4.74 Å². The predicted octanol–water partition coefficient (Wildman–Crippen LogP) is 2.22. The summed E-state index contributed by atoms with van der Waals surface area (Å²) in [7, 11) is -1.19. The van der Waals surface area contributed by atoms with Crippen molar-refractivity contribution in [2.24, 2.45) is 0 Å². The highest BCUT2D eigenvalue weighted by Crippen LogP contribution is 2.28. The molecule has 0 aromatic carbocycles. The summed E-state index contributed by atoms with van der Waals surface area (Å²) in [5.74, 6) is -0.201. The van der Waals surface area contributed by atoms with Crippen LogP contribution in [0.15, 0.2) is 6.20 Å². The van der Waals surface area contributed by atoms with Gasteiger partial charge in [-0.15, -0.1) is 5.10 Å². The summed E-state index contributed by atoms with van der Waals surface area (Å²) < 4.78 is 30.5. The summed E-state index contributed by atoms with van der Waals surface area (Å²) in [6, 6.07) is 0.990. The lowest BCUT2D eigenvalue weighted by Crippen LogP contribution is -2.50. The van der Waals surface area contributed by atoms with Crippen LogP contribution in [0.25, 0.3) is 0 Å². The molecule has 2 heterocycles. The van der Waals surface area contributed by atoms with E-state index in [-0.39, 0.29) is 38.1 Å². The molecule has 2 rings (SSSR count). The van der Waals surface area contributed by atoms with Gasteiger partial charge in [0.05, 0.1) is 18.1 Å². The molecule has 1 aromatic heterocycles. The van der Waals surface area contributed by atoms with E-state index in [4.69, 9.17) is 14.2 Å². The fraction of sp³-hybridized carbons (Fsp3) is 0.769. The zero-order valence-electron chi connectivity index (χ0n) is 13.6. The van der Waals surface area contributed by atoms with Crippen LogP contribution in [0.2, 0.25) is 25.7 Å². The minimum Gasteiger partial charge on any atom is -0.468 e. The lowest BCUT2D eigenvalue weighted by molar-refractivity contribution is -0.386. The molecule has 1 saturated heterocycles. The quantitative estimate of drug-likeness (QED) is 0.294. The molecule has 0 atom stereocenters. The van der Waals surface area contributed by atoms with Crippen LogP contribution in [0.4, 0.5) is 10.1 Å². The molecule has 1 aliphatic heterocycles. The highest BCUT2D eigenvalue weighted by atomic mass is 28.3. The first-order valence-corrected chi connectivity index (χ1v) is 11.1. The van der Waals surface area contributed by atoms with Crippen molar-refractivity contribution in [3.05, 3.63) is 16.3 Å². The van der Waals surface area contributed by atoms with Crippen LogP contribution in [0.5, 0.6) is 5.88 Å². The third kappa shape index (κ3) is 5.25. The van der Waals surface area contributed by atoms with Crippen molar-refractivity contribution in [3.8, 4) is 5.88 Å². The maximum Gasteiger partial charge on any atom is 0.350 e. The monoisotopic (exact) mass is 347 g/mol. The maximum absolute atomic E-state index is 13.8. The number of hydrogen-bond acceptors (Lipinski definition) is 6. The summed E-state index contributed by atoms with van der Waals surface area (Å²) in [5.41, 5.74) is -1.89. The molecule has 0 unspecified atom stereocenters. The second-order valence-corrected chi connectivity index (χ2v) is 12.5. The minimum atomic E-state index is -1.59. The van der Waals surface area contributed by atoms with E-state index in [0.717, 1.165) is 6.04 Å². The van der Waals surface area contributed by atoms with Gasteiger partial charge in [0.2, 0.25) is 0 Å². The number of ether oxygens (including phenoxy) is 3. The molecular formula is C13H22FN3O5Si. The molecule has 10 heteroatoms. The molecule has 1 aliphatic rings. The molecule has 130 valence electrons. The van der Waals surface area contributed by atoms with E-state index in [1.165, 1.54) is 10.9 Å². The Kier molecular flexibility index (Phi) is 5.37. The molecule has 23 heavy (non-hydrogen) atoms. The van der Waals surface area contributed by atoms with Gasteiger partial charge in [-0.1, -0.05) is 19.6 Å². The van der Waals surface area contributed by atoms with E-state index in [9.17, 15) is 14.5 Å². The Labute approximate surface area is 134 Å². The van der Waals surface area contributed by atoms with Crippen molar-refractivity contribution in [2.75, 3.05) is 26.4 Å². The van der Waals surface area contributed by atoms with Gasteiger partial charge in [0.1, 0.15) is 19.5 Å². The van der Waals surface area contributed by atoms with Crippen LogP contribution in [0.3, 0.4) is 0 Å². The van der Waals surface area contributed by atoms with Gasteiger partial charge < -0.3 is 14.2 Å². The summed E-state index contributed by atoms with van der Waals surface area (Å²) in [6.07, 6.45) is 1.23. The molecule has 0 spiro atoms.